The van der Waals surface area contributed by atoms with Crippen molar-refractivity contribution in [3.8, 4) is 0 Å². The van der Waals surface area contributed by atoms with Crippen LogP contribution in [0.3, 0.4) is 0 Å². The highest BCUT2D eigenvalue weighted by Crippen LogP contribution is 2.37. The van der Waals surface area contributed by atoms with Gasteiger partial charge in [0, 0.05) is 18.2 Å². The minimum Gasteiger partial charge on any atom is -0.390 e. The highest BCUT2D eigenvalue weighted by Gasteiger charge is 2.36. The van der Waals surface area contributed by atoms with Gasteiger partial charge < -0.3 is 9.84 Å². The number of methoxy groups -OCH3 is 1. The zero-order valence-electron chi connectivity index (χ0n) is 10.5. The number of benzene rings is 1. The Labute approximate surface area is 111 Å². The summed E-state index contributed by atoms with van der Waals surface area (Å²) in [6.07, 6.45) is 2.70. The van der Waals surface area contributed by atoms with Gasteiger partial charge in [0.25, 0.3) is 0 Å². The molecule has 0 bridgehead atoms. The van der Waals surface area contributed by atoms with Crippen LogP contribution in [-0.4, -0.2) is 24.4 Å². The molecule has 0 saturated heterocycles. The minimum atomic E-state index is -0.388. The Kier molecular flexibility index (Phi) is 3.37. The van der Waals surface area contributed by atoms with Crippen LogP contribution < -0.4 is 0 Å². The van der Waals surface area contributed by atoms with E-state index in [1.165, 1.54) is 28.5 Å². The van der Waals surface area contributed by atoms with Crippen molar-refractivity contribution in [2.24, 2.45) is 5.92 Å². The second-order valence-corrected chi connectivity index (χ2v) is 5.98. The molecule has 0 spiro atoms. The molecule has 1 saturated carbocycles. The van der Waals surface area contributed by atoms with Gasteiger partial charge in [-0.2, -0.15) is 0 Å². The maximum Gasteiger partial charge on any atom is 0.0861 e. The largest absolute Gasteiger partial charge is 0.390 e. The van der Waals surface area contributed by atoms with Gasteiger partial charge in [-0.15, -0.1) is 11.3 Å². The number of rotatable bonds is 5. The summed E-state index contributed by atoms with van der Waals surface area (Å²) >= 11 is 1.75. The number of hydrogen-bond acceptors (Lipinski definition) is 3. The smallest absolute Gasteiger partial charge is 0.0861 e. The maximum atomic E-state index is 10.3. The Morgan fingerprint density at radius 1 is 1.39 bits per heavy atom. The number of aliphatic hydroxyl groups excluding tert-OH is 1. The number of hydrogen-bond donors (Lipinski definition) is 1. The Hall–Kier alpha value is -0.900. The van der Waals surface area contributed by atoms with Crippen molar-refractivity contribution in [2.75, 3.05) is 7.11 Å². The number of thiophene rings is 1. The molecule has 1 aromatic carbocycles. The van der Waals surface area contributed by atoms with Gasteiger partial charge in [-0.1, -0.05) is 18.2 Å². The Bertz CT molecular complexity index is 530. The molecule has 1 N–H and O–H groups in total. The number of aliphatic hydroxyl groups is 1. The summed E-state index contributed by atoms with van der Waals surface area (Å²) in [6.45, 7) is 0. The fourth-order valence-electron chi connectivity index (χ4n) is 2.62. The van der Waals surface area contributed by atoms with Gasteiger partial charge >= 0.3 is 0 Å². The lowest BCUT2D eigenvalue weighted by atomic mass is 10.0. The molecular weight excluding hydrogens is 244 g/mol. The van der Waals surface area contributed by atoms with E-state index in [4.69, 9.17) is 4.74 Å². The van der Waals surface area contributed by atoms with Crippen molar-refractivity contribution in [1.29, 1.82) is 0 Å². The van der Waals surface area contributed by atoms with E-state index in [0.717, 1.165) is 0 Å². The molecule has 1 heterocycles. The van der Waals surface area contributed by atoms with E-state index < -0.39 is 0 Å². The summed E-state index contributed by atoms with van der Waals surface area (Å²) < 4.78 is 6.74. The van der Waals surface area contributed by atoms with Crippen molar-refractivity contribution in [2.45, 2.75) is 31.5 Å². The summed E-state index contributed by atoms with van der Waals surface area (Å²) in [4.78, 5) is 0. The molecule has 1 aromatic heterocycles. The summed E-state index contributed by atoms with van der Waals surface area (Å²) in [5.74, 6) is 0.565. The third kappa shape index (κ3) is 2.30. The van der Waals surface area contributed by atoms with Gasteiger partial charge in [0.1, 0.15) is 0 Å². The van der Waals surface area contributed by atoms with Crippen molar-refractivity contribution in [3.05, 3.63) is 35.2 Å². The fourth-order valence-corrected chi connectivity index (χ4v) is 3.60. The molecule has 1 aliphatic carbocycles. The summed E-state index contributed by atoms with van der Waals surface area (Å²) in [5, 5.41) is 13.8. The minimum absolute atomic E-state index is 0.00339. The quantitative estimate of drug-likeness (QED) is 0.896. The fraction of sp³-hybridized carbons (Fsp3) is 0.467. The van der Waals surface area contributed by atoms with Crippen LogP contribution in [0.5, 0.6) is 0 Å². The molecule has 1 aliphatic rings. The first-order valence-corrected chi connectivity index (χ1v) is 7.33. The van der Waals surface area contributed by atoms with Gasteiger partial charge in [0.15, 0.2) is 0 Å². The van der Waals surface area contributed by atoms with Crippen molar-refractivity contribution in [3.63, 3.8) is 0 Å². The van der Waals surface area contributed by atoms with E-state index in [9.17, 15) is 5.11 Å². The van der Waals surface area contributed by atoms with Crippen LogP contribution in [-0.2, 0) is 11.2 Å². The lowest BCUT2D eigenvalue weighted by Gasteiger charge is -2.21. The second kappa shape index (κ2) is 5.00. The predicted octanol–water partition coefficient (Wildman–Crippen LogP) is 3.23. The second-order valence-electron chi connectivity index (χ2n) is 5.07. The van der Waals surface area contributed by atoms with Crippen LogP contribution >= 0.6 is 11.3 Å². The first-order chi connectivity index (χ1) is 8.79. The molecule has 3 rings (SSSR count). The first kappa shape index (κ1) is 12.2. The molecule has 2 atom stereocenters. The molecule has 1 fully saturated rings. The normalized spacial score (nSPS) is 19.0. The third-order valence-electron chi connectivity index (χ3n) is 3.73. The zero-order valence-corrected chi connectivity index (χ0v) is 11.3. The van der Waals surface area contributed by atoms with E-state index in [1.54, 1.807) is 18.4 Å². The van der Waals surface area contributed by atoms with E-state index in [1.807, 2.05) is 0 Å². The number of fused-ring (bicyclic) bond motifs is 1. The van der Waals surface area contributed by atoms with Gasteiger partial charge in [-0.05, 0) is 41.2 Å². The molecule has 3 heteroatoms. The van der Waals surface area contributed by atoms with E-state index >= 15 is 0 Å². The van der Waals surface area contributed by atoms with Crippen molar-refractivity contribution < 1.29 is 9.84 Å². The average Bonchev–Trinajstić information content (AvgIpc) is 3.13. The van der Waals surface area contributed by atoms with Crippen LogP contribution in [0.25, 0.3) is 10.1 Å². The lowest BCUT2D eigenvalue weighted by Crippen LogP contribution is -2.31. The van der Waals surface area contributed by atoms with Crippen LogP contribution in [0.1, 0.15) is 18.4 Å². The average molecular weight is 262 g/mol. The third-order valence-corrected chi connectivity index (χ3v) is 4.74. The Morgan fingerprint density at radius 3 is 2.89 bits per heavy atom. The molecule has 18 heavy (non-hydrogen) atoms. The molecule has 2 aromatic rings. The topological polar surface area (TPSA) is 29.5 Å². The Balaban J connectivity index is 1.79. The first-order valence-electron chi connectivity index (χ1n) is 6.45. The number of ether oxygens (including phenoxy) is 1. The lowest BCUT2D eigenvalue weighted by molar-refractivity contribution is -0.0236. The molecule has 0 radical (unpaired) electrons. The van der Waals surface area contributed by atoms with E-state index in [0.29, 0.717) is 12.3 Å². The molecule has 0 aliphatic heterocycles. The molecular formula is C15H18O2S. The molecule has 2 unspecified atom stereocenters. The zero-order chi connectivity index (χ0) is 12.5. The van der Waals surface area contributed by atoms with Crippen molar-refractivity contribution in [1.82, 2.24) is 0 Å². The van der Waals surface area contributed by atoms with Gasteiger partial charge in [0.2, 0.25) is 0 Å². The standard InChI is InChI=1S/C15H18O2S/c1-17-15(10-6-7-10)13(16)8-11-9-18-14-5-3-2-4-12(11)14/h2-5,9-10,13,15-16H,6-8H2,1H3. The van der Waals surface area contributed by atoms with Gasteiger partial charge in [-0.25, -0.2) is 0 Å². The Morgan fingerprint density at radius 2 is 2.17 bits per heavy atom. The summed E-state index contributed by atoms with van der Waals surface area (Å²) in [5.41, 5.74) is 1.24. The highest BCUT2D eigenvalue weighted by atomic mass is 32.1. The van der Waals surface area contributed by atoms with Crippen LogP contribution in [0.15, 0.2) is 29.6 Å². The van der Waals surface area contributed by atoms with E-state index in [-0.39, 0.29) is 12.2 Å². The van der Waals surface area contributed by atoms with Crippen LogP contribution in [0.2, 0.25) is 0 Å². The highest BCUT2D eigenvalue weighted by molar-refractivity contribution is 7.17. The van der Waals surface area contributed by atoms with Crippen molar-refractivity contribution >= 4 is 21.4 Å². The summed E-state index contributed by atoms with van der Waals surface area (Å²) in [7, 11) is 1.71. The van der Waals surface area contributed by atoms with Gasteiger partial charge in [0.05, 0.1) is 12.2 Å². The predicted molar refractivity (Wildman–Crippen MR) is 75.1 cm³/mol. The molecule has 96 valence electrons. The van der Waals surface area contributed by atoms with Crippen LogP contribution in [0.4, 0.5) is 0 Å². The summed E-state index contributed by atoms with van der Waals surface area (Å²) in [6, 6.07) is 8.37. The molecule has 2 nitrogen and oxygen atoms in total. The SMILES string of the molecule is COC(C(O)Cc1csc2ccccc12)C1CC1. The van der Waals surface area contributed by atoms with Gasteiger partial charge in [-0.3, -0.25) is 0 Å². The van der Waals surface area contributed by atoms with E-state index in [2.05, 4.69) is 29.6 Å². The van der Waals surface area contributed by atoms with Crippen LogP contribution in [0, 0.1) is 5.92 Å². The maximum absolute atomic E-state index is 10.3. The monoisotopic (exact) mass is 262 g/mol. The molecule has 0 amide bonds.